The number of nitrogen functional groups attached to an aromatic ring is 1. The molecule has 10 heteroatoms. The van der Waals surface area contributed by atoms with Crippen LogP contribution >= 0.6 is 0 Å². The molecule has 0 aliphatic heterocycles. The number of benzene rings is 1. The second-order valence-corrected chi connectivity index (χ2v) is 6.95. The van der Waals surface area contributed by atoms with Gasteiger partial charge in [-0.25, -0.2) is 18.4 Å². The van der Waals surface area contributed by atoms with Gasteiger partial charge >= 0.3 is 0 Å². The molecular formula is C15H16N6O3S. The van der Waals surface area contributed by atoms with Gasteiger partial charge in [0.15, 0.2) is 11.2 Å². The number of hydrogen-bond acceptors (Lipinski definition) is 8. The summed E-state index contributed by atoms with van der Waals surface area (Å²) in [5.41, 5.74) is 8.19. The van der Waals surface area contributed by atoms with Crippen molar-refractivity contribution < 1.29 is 13.2 Å². The number of fused-ring (bicyclic) bond motifs is 1. The Morgan fingerprint density at radius 1 is 1.16 bits per heavy atom. The molecule has 3 N–H and O–H groups in total. The van der Waals surface area contributed by atoms with Gasteiger partial charge < -0.3 is 10.5 Å². The summed E-state index contributed by atoms with van der Waals surface area (Å²) >= 11 is 0. The van der Waals surface area contributed by atoms with Gasteiger partial charge in [0, 0.05) is 11.3 Å². The zero-order valence-electron chi connectivity index (χ0n) is 13.6. The molecular weight excluding hydrogens is 344 g/mol. The minimum atomic E-state index is -3.32. The number of hydrogen-bond donors (Lipinski definition) is 2. The van der Waals surface area contributed by atoms with Gasteiger partial charge in [0.05, 0.1) is 24.8 Å². The second kappa shape index (κ2) is 6.48. The largest absolute Gasteiger partial charge is 0.476 e. The van der Waals surface area contributed by atoms with Crippen LogP contribution in [0.1, 0.15) is 6.92 Å². The fourth-order valence-electron chi connectivity index (χ4n) is 2.20. The van der Waals surface area contributed by atoms with Crippen molar-refractivity contribution in [1.29, 1.82) is 0 Å². The minimum absolute atomic E-state index is 0.0641. The smallest absolute Gasteiger partial charge is 0.247 e. The van der Waals surface area contributed by atoms with Crippen LogP contribution in [0.15, 0.2) is 30.5 Å². The highest BCUT2D eigenvalue weighted by Crippen LogP contribution is 2.25. The van der Waals surface area contributed by atoms with Gasteiger partial charge in [0.1, 0.15) is 0 Å². The van der Waals surface area contributed by atoms with E-state index < -0.39 is 10.0 Å². The molecule has 0 unspecified atom stereocenters. The second-order valence-electron chi connectivity index (χ2n) is 5.20. The van der Waals surface area contributed by atoms with Crippen LogP contribution in [0.3, 0.4) is 0 Å². The molecule has 0 saturated heterocycles. The summed E-state index contributed by atoms with van der Waals surface area (Å²) in [7, 11) is -3.32. The normalized spacial score (nSPS) is 11.4. The maximum atomic E-state index is 11.3. The SMILES string of the molecule is CCOc1nc(N)nc2ncc(-c3ccc(NS(C)(=O)=O)cc3)nc12. The van der Waals surface area contributed by atoms with E-state index in [1.54, 1.807) is 30.5 Å². The molecule has 0 fully saturated rings. The first-order valence-corrected chi connectivity index (χ1v) is 9.26. The average Bonchev–Trinajstić information content (AvgIpc) is 2.54. The fourth-order valence-corrected chi connectivity index (χ4v) is 2.76. The maximum Gasteiger partial charge on any atom is 0.247 e. The van der Waals surface area contributed by atoms with Gasteiger partial charge in [-0.15, -0.1) is 0 Å². The molecule has 3 rings (SSSR count). The van der Waals surface area contributed by atoms with Crippen LogP contribution in [0.2, 0.25) is 0 Å². The molecule has 2 heterocycles. The molecule has 0 saturated carbocycles. The van der Waals surface area contributed by atoms with E-state index in [1.165, 1.54) is 0 Å². The third-order valence-corrected chi connectivity index (χ3v) is 3.76. The predicted octanol–water partition coefficient (Wildman–Crippen LogP) is 1.44. The minimum Gasteiger partial charge on any atom is -0.476 e. The van der Waals surface area contributed by atoms with Crippen molar-refractivity contribution in [3.8, 4) is 17.1 Å². The number of sulfonamides is 1. The van der Waals surface area contributed by atoms with Gasteiger partial charge in [0.2, 0.25) is 21.9 Å². The number of nitrogens with two attached hydrogens (primary N) is 1. The van der Waals surface area contributed by atoms with E-state index in [-0.39, 0.29) is 11.8 Å². The molecule has 3 aromatic rings. The van der Waals surface area contributed by atoms with E-state index in [0.717, 1.165) is 11.8 Å². The van der Waals surface area contributed by atoms with Gasteiger partial charge in [-0.05, 0) is 19.1 Å². The monoisotopic (exact) mass is 360 g/mol. The highest BCUT2D eigenvalue weighted by atomic mass is 32.2. The summed E-state index contributed by atoms with van der Waals surface area (Å²) in [5.74, 6) is 0.337. The quantitative estimate of drug-likeness (QED) is 0.698. The van der Waals surface area contributed by atoms with E-state index in [1.807, 2.05) is 6.92 Å². The lowest BCUT2D eigenvalue weighted by Crippen LogP contribution is -2.09. The molecule has 130 valence electrons. The molecule has 0 spiro atoms. The topological polar surface area (TPSA) is 133 Å². The molecule has 0 atom stereocenters. The Balaban J connectivity index is 2.01. The predicted molar refractivity (Wildman–Crippen MR) is 94.6 cm³/mol. The molecule has 0 aliphatic carbocycles. The van der Waals surface area contributed by atoms with Crippen molar-refractivity contribution in [2.24, 2.45) is 0 Å². The third kappa shape index (κ3) is 3.91. The lowest BCUT2D eigenvalue weighted by molar-refractivity contribution is 0.330. The lowest BCUT2D eigenvalue weighted by Gasteiger charge is -2.08. The van der Waals surface area contributed by atoms with Crippen LogP contribution in [0.4, 0.5) is 11.6 Å². The van der Waals surface area contributed by atoms with Crippen molar-refractivity contribution in [3.05, 3.63) is 30.5 Å². The molecule has 1 aromatic carbocycles. The Bertz CT molecular complexity index is 1020. The molecule has 25 heavy (non-hydrogen) atoms. The van der Waals surface area contributed by atoms with E-state index in [4.69, 9.17) is 10.5 Å². The van der Waals surface area contributed by atoms with E-state index in [0.29, 0.717) is 29.2 Å². The Kier molecular flexibility index (Phi) is 4.36. The third-order valence-electron chi connectivity index (χ3n) is 3.16. The maximum absolute atomic E-state index is 11.3. The molecule has 0 bridgehead atoms. The van der Waals surface area contributed by atoms with Gasteiger partial charge in [-0.2, -0.15) is 9.97 Å². The van der Waals surface area contributed by atoms with Gasteiger partial charge in [0.25, 0.3) is 0 Å². The number of ether oxygens (including phenoxy) is 1. The summed E-state index contributed by atoms with van der Waals surface area (Å²) in [5, 5.41) is 0. The number of aromatic nitrogens is 4. The van der Waals surface area contributed by atoms with E-state index >= 15 is 0 Å². The number of rotatable bonds is 5. The first kappa shape index (κ1) is 16.8. The molecule has 0 amide bonds. The summed E-state index contributed by atoms with van der Waals surface area (Å²) in [6.07, 6.45) is 2.65. The van der Waals surface area contributed by atoms with Crippen LogP contribution in [0, 0.1) is 0 Å². The number of anilines is 2. The lowest BCUT2D eigenvalue weighted by atomic mass is 10.1. The zero-order valence-corrected chi connectivity index (χ0v) is 14.4. The first-order valence-electron chi connectivity index (χ1n) is 7.37. The highest BCUT2D eigenvalue weighted by molar-refractivity contribution is 7.92. The van der Waals surface area contributed by atoms with Crippen LogP contribution in [0.25, 0.3) is 22.4 Å². The van der Waals surface area contributed by atoms with Gasteiger partial charge in [-0.1, -0.05) is 12.1 Å². The molecule has 0 aliphatic rings. The van der Waals surface area contributed by atoms with Crippen LogP contribution in [0.5, 0.6) is 5.88 Å². The van der Waals surface area contributed by atoms with Crippen molar-refractivity contribution in [3.63, 3.8) is 0 Å². The van der Waals surface area contributed by atoms with Crippen molar-refractivity contribution in [2.45, 2.75) is 6.92 Å². The molecule has 2 aromatic heterocycles. The Morgan fingerprint density at radius 3 is 2.52 bits per heavy atom. The van der Waals surface area contributed by atoms with Gasteiger partial charge in [-0.3, -0.25) is 4.72 Å². The first-order chi connectivity index (χ1) is 11.9. The number of nitrogens with one attached hydrogen (secondary N) is 1. The van der Waals surface area contributed by atoms with Crippen LogP contribution < -0.4 is 15.2 Å². The highest BCUT2D eigenvalue weighted by Gasteiger charge is 2.12. The molecule has 9 nitrogen and oxygen atoms in total. The Labute approximate surface area is 144 Å². The summed E-state index contributed by atoms with van der Waals surface area (Å²) in [4.78, 5) is 16.9. The van der Waals surface area contributed by atoms with E-state index in [9.17, 15) is 8.42 Å². The van der Waals surface area contributed by atoms with Crippen molar-refractivity contribution >= 4 is 32.8 Å². The summed E-state index contributed by atoms with van der Waals surface area (Å²) < 4.78 is 30.4. The van der Waals surface area contributed by atoms with Crippen LogP contribution in [-0.2, 0) is 10.0 Å². The van der Waals surface area contributed by atoms with Crippen LogP contribution in [-0.4, -0.2) is 41.2 Å². The molecule has 0 radical (unpaired) electrons. The van der Waals surface area contributed by atoms with Crippen molar-refractivity contribution in [1.82, 2.24) is 19.9 Å². The summed E-state index contributed by atoms with van der Waals surface area (Å²) in [6, 6.07) is 6.76. The van der Waals surface area contributed by atoms with Crippen molar-refractivity contribution in [2.75, 3.05) is 23.3 Å². The zero-order chi connectivity index (χ0) is 18.0. The Hall–Kier alpha value is -3.01. The Morgan fingerprint density at radius 2 is 1.88 bits per heavy atom. The summed E-state index contributed by atoms with van der Waals surface area (Å²) in [6.45, 7) is 2.23. The average molecular weight is 360 g/mol. The van der Waals surface area contributed by atoms with E-state index in [2.05, 4.69) is 24.7 Å². The number of nitrogens with zero attached hydrogens (tertiary/aromatic N) is 4. The standard InChI is InChI=1S/C15H16N6O3S/c1-3-24-14-12-13(19-15(16)20-14)17-8-11(18-12)9-4-6-10(7-5-9)21-25(2,22)23/h4-8,21H,3H2,1-2H3,(H2,16,17,19,20). The fraction of sp³-hybridized carbons (Fsp3) is 0.200.